The third-order valence-corrected chi connectivity index (χ3v) is 11.3. The van der Waals surface area contributed by atoms with Crippen LogP contribution in [0.2, 0.25) is 0 Å². The maximum atomic E-state index is 13.6. The maximum Gasteiger partial charge on any atom is 0.323 e. The Balaban J connectivity index is 1.41. The SMILES string of the molecule is CCCOc1c2cccc1Cc1cc(NC(=O)Nc3ccc(C)cc3)cc(c1OCCC)Cc1cccc(c1OCCC)Cc1cc(NC(=O)Nc3ccc(C)cc3)cc(c1OCCC)C2. The molecule has 10 nitrogen and oxygen atoms in total. The fourth-order valence-electron chi connectivity index (χ4n) is 8.25. The molecule has 1 aliphatic carbocycles. The van der Waals surface area contributed by atoms with Crippen molar-refractivity contribution >= 4 is 34.8 Å². The molecule has 344 valence electrons. The van der Waals surface area contributed by atoms with Crippen molar-refractivity contribution in [3.63, 3.8) is 0 Å². The third-order valence-electron chi connectivity index (χ3n) is 11.3. The molecule has 0 saturated heterocycles. The van der Waals surface area contributed by atoms with E-state index in [-0.39, 0.29) is 12.1 Å². The number of para-hydroxylation sites is 2. The van der Waals surface area contributed by atoms with Crippen molar-refractivity contribution in [1.29, 1.82) is 0 Å². The molecule has 7 rings (SSSR count). The predicted octanol–water partition coefficient (Wildman–Crippen LogP) is 13.4. The van der Waals surface area contributed by atoms with Crippen molar-refractivity contribution < 1.29 is 28.5 Å². The maximum absolute atomic E-state index is 13.6. The second kappa shape index (κ2) is 22.8. The molecule has 10 heteroatoms. The van der Waals surface area contributed by atoms with E-state index in [1.165, 1.54) is 0 Å². The lowest BCUT2D eigenvalue weighted by molar-refractivity contribution is 0.261. The van der Waals surface area contributed by atoms with E-state index >= 15 is 0 Å². The number of hydrogen-bond acceptors (Lipinski definition) is 6. The Morgan fingerprint density at radius 1 is 0.379 bits per heavy atom. The number of urea groups is 2. The van der Waals surface area contributed by atoms with E-state index in [0.717, 1.165) is 104 Å². The van der Waals surface area contributed by atoms with Gasteiger partial charge in [-0.25, -0.2) is 9.59 Å². The average Bonchev–Trinajstić information content (AvgIpc) is 3.29. The standard InChI is InChI=1S/C56H64N4O6/c1-7-25-63-51-39-13-11-14-40(51)30-44-34-50(60-56(62)58-48-23-19-38(6)20-24-48)36-46(54(44)66-28-10-4)32-42-16-12-15-41(52(42)64-26-8-2)31-45-35-49(33-43(29-39)53(45)65-27-9-3)59-55(61)57-47-21-17-37(5)18-22-47/h11-24,33-36H,7-10,25-32H2,1-6H3,(H2,57,59,61)(H2,58,60,62). The van der Waals surface area contributed by atoms with E-state index in [0.29, 0.717) is 74.9 Å². The van der Waals surface area contributed by atoms with E-state index in [4.69, 9.17) is 18.9 Å². The van der Waals surface area contributed by atoms with E-state index in [9.17, 15) is 9.59 Å². The number of benzene rings is 6. The van der Waals surface area contributed by atoms with Gasteiger partial charge in [-0.15, -0.1) is 0 Å². The average molecular weight is 889 g/mol. The van der Waals surface area contributed by atoms with Gasteiger partial charge in [0.15, 0.2) is 0 Å². The molecule has 0 heterocycles. The zero-order valence-corrected chi connectivity index (χ0v) is 39.3. The van der Waals surface area contributed by atoms with Gasteiger partial charge in [-0.05, 0) is 110 Å². The van der Waals surface area contributed by atoms with E-state index in [2.05, 4.69) is 85.4 Å². The molecule has 1 aliphatic rings. The fraction of sp³-hybridized carbons (Fsp3) is 0.321. The van der Waals surface area contributed by atoms with Gasteiger partial charge in [0.1, 0.15) is 23.0 Å². The molecule has 0 radical (unpaired) electrons. The van der Waals surface area contributed by atoms with Gasteiger partial charge < -0.3 is 40.2 Å². The molecule has 0 aliphatic heterocycles. The van der Waals surface area contributed by atoms with Crippen LogP contribution in [0.5, 0.6) is 23.0 Å². The highest BCUT2D eigenvalue weighted by molar-refractivity contribution is 6.00. The van der Waals surface area contributed by atoms with Gasteiger partial charge in [-0.2, -0.15) is 0 Å². The van der Waals surface area contributed by atoms with Crippen LogP contribution in [0.4, 0.5) is 32.3 Å². The largest absolute Gasteiger partial charge is 0.493 e. The topological polar surface area (TPSA) is 119 Å². The second-order valence-electron chi connectivity index (χ2n) is 17.0. The summed E-state index contributed by atoms with van der Waals surface area (Å²) in [5, 5.41) is 12.3. The minimum atomic E-state index is -0.341. The van der Waals surface area contributed by atoms with Gasteiger partial charge in [0.2, 0.25) is 0 Å². The molecular weight excluding hydrogens is 825 g/mol. The number of anilines is 4. The first-order valence-electron chi connectivity index (χ1n) is 23.5. The van der Waals surface area contributed by atoms with Crippen LogP contribution < -0.4 is 40.2 Å². The summed E-state index contributed by atoms with van der Waals surface area (Å²) in [6.45, 7) is 14.5. The van der Waals surface area contributed by atoms with Crippen LogP contribution in [0.25, 0.3) is 0 Å². The lowest BCUT2D eigenvalue weighted by Crippen LogP contribution is -2.20. The number of aryl methyl sites for hydroxylation is 2. The molecule has 4 N–H and O–H groups in total. The molecule has 0 fully saturated rings. The smallest absolute Gasteiger partial charge is 0.323 e. The zero-order chi connectivity index (χ0) is 46.4. The van der Waals surface area contributed by atoms with Crippen molar-refractivity contribution in [2.45, 2.75) is 92.9 Å². The summed E-state index contributed by atoms with van der Waals surface area (Å²) >= 11 is 0. The lowest BCUT2D eigenvalue weighted by Gasteiger charge is -2.24. The van der Waals surface area contributed by atoms with E-state index in [1.807, 2.05) is 86.6 Å². The predicted molar refractivity (Wildman–Crippen MR) is 268 cm³/mol. The second-order valence-corrected chi connectivity index (χ2v) is 17.0. The number of nitrogens with one attached hydrogen (secondary N) is 4. The van der Waals surface area contributed by atoms with E-state index in [1.54, 1.807) is 0 Å². The van der Waals surface area contributed by atoms with Crippen molar-refractivity contribution in [2.24, 2.45) is 0 Å². The number of hydrogen-bond donors (Lipinski definition) is 4. The van der Waals surface area contributed by atoms with Crippen LogP contribution >= 0.6 is 0 Å². The molecule has 0 aromatic heterocycles. The summed E-state index contributed by atoms with van der Waals surface area (Å²) in [4.78, 5) is 27.3. The number of carbonyl (C=O) groups is 2. The first kappa shape index (κ1) is 47.0. The normalized spacial score (nSPS) is 11.8. The summed E-state index contributed by atoms with van der Waals surface area (Å²) in [7, 11) is 0. The monoisotopic (exact) mass is 888 g/mol. The molecule has 6 aromatic carbocycles. The fourth-order valence-corrected chi connectivity index (χ4v) is 8.25. The summed E-state index contributed by atoms with van der Waals surface area (Å²) in [6.07, 6.45) is 5.17. The molecule has 66 heavy (non-hydrogen) atoms. The molecule has 0 atom stereocenters. The summed E-state index contributed by atoms with van der Waals surface area (Å²) in [5.41, 5.74) is 12.5. The minimum Gasteiger partial charge on any atom is -0.493 e. The molecular formula is C56H64N4O6. The van der Waals surface area contributed by atoms with Gasteiger partial charge in [-0.3, -0.25) is 0 Å². The molecule has 0 spiro atoms. The van der Waals surface area contributed by atoms with E-state index < -0.39 is 0 Å². The van der Waals surface area contributed by atoms with Crippen LogP contribution in [0, 0.1) is 13.8 Å². The van der Waals surface area contributed by atoms with Crippen LogP contribution in [-0.4, -0.2) is 38.5 Å². The van der Waals surface area contributed by atoms with Crippen LogP contribution in [0.3, 0.4) is 0 Å². The number of carbonyl (C=O) groups excluding carboxylic acids is 2. The summed E-state index contributed by atoms with van der Waals surface area (Å²) < 4.78 is 26.9. The number of fused-ring (bicyclic) bond motifs is 8. The lowest BCUT2D eigenvalue weighted by atomic mass is 9.90. The van der Waals surface area contributed by atoms with Crippen LogP contribution in [-0.2, 0) is 25.7 Å². The van der Waals surface area contributed by atoms with Crippen molar-refractivity contribution in [3.8, 4) is 23.0 Å². The van der Waals surface area contributed by atoms with Crippen LogP contribution in [0.1, 0.15) is 109 Å². The Morgan fingerprint density at radius 3 is 0.909 bits per heavy atom. The molecule has 0 unspecified atom stereocenters. The minimum absolute atomic E-state index is 0.341. The van der Waals surface area contributed by atoms with Crippen molar-refractivity contribution in [3.05, 3.63) is 165 Å². The number of ether oxygens (including phenoxy) is 4. The van der Waals surface area contributed by atoms with Crippen LogP contribution in [0.15, 0.2) is 109 Å². The summed E-state index contributed by atoms with van der Waals surface area (Å²) in [5.74, 6) is 3.16. The van der Waals surface area contributed by atoms with Gasteiger partial charge in [0.25, 0.3) is 0 Å². The Bertz CT molecular complexity index is 2330. The van der Waals surface area contributed by atoms with Crippen molar-refractivity contribution in [1.82, 2.24) is 0 Å². The molecule has 6 aromatic rings. The Hall–Kier alpha value is -6.94. The molecule has 8 bridgehead atoms. The highest BCUT2D eigenvalue weighted by Crippen LogP contribution is 2.41. The highest BCUT2D eigenvalue weighted by Gasteiger charge is 2.24. The first-order valence-corrected chi connectivity index (χ1v) is 23.5. The zero-order valence-electron chi connectivity index (χ0n) is 39.3. The number of amides is 4. The third kappa shape index (κ3) is 12.2. The van der Waals surface area contributed by atoms with Gasteiger partial charge in [-0.1, -0.05) is 99.5 Å². The van der Waals surface area contributed by atoms with Crippen molar-refractivity contribution in [2.75, 3.05) is 47.7 Å². The Labute approximate surface area is 390 Å². The molecule has 4 amide bonds. The first-order chi connectivity index (χ1) is 32.1. The number of rotatable bonds is 16. The summed E-state index contributed by atoms with van der Waals surface area (Å²) in [6, 6.07) is 35.5. The Kier molecular flexibility index (Phi) is 16.2. The van der Waals surface area contributed by atoms with Gasteiger partial charge in [0.05, 0.1) is 26.4 Å². The van der Waals surface area contributed by atoms with Gasteiger partial charge >= 0.3 is 12.1 Å². The quantitative estimate of drug-likeness (QED) is 0.0767. The van der Waals surface area contributed by atoms with Gasteiger partial charge in [0, 0.05) is 70.7 Å². The molecule has 0 saturated carbocycles. The Morgan fingerprint density at radius 2 is 0.636 bits per heavy atom. The highest BCUT2D eigenvalue weighted by atomic mass is 16.5.